The first-order valence-corrected chi connectivity index (χ1v) is 4.94. The molecule has 0 aliphatic carbocycles. The number of alkyl halides is 1. The molecule has 2 N–H and O–H groups in total. The lowest BCUT2D eigenvalue weighted by atomic mass is 9.95. The van der Waals surface area contributed by atoms with Crippen LogP contribution in [0.2, 0.25) is 0 Å². The molecule has 0 bridgehead atoms. The average Bonchev–Trinajstić information content (AvgIpc) is 2.73. The van der Waals surface area contributed by atoms with E-state index in [9.17, 15) is 4.39 Å². The maximum Gasteiger partial charge on any atom is 0.231 e. The van der Waals surface area contributed by atoms with Crippen LogP contribution >= 0.6 is 0 Å². The fourth-order valence-electron chi connectivity index (χ4n) is 1.70. The number of rotatable bonds is 3. The molecule has 1 unspecified atom stereocenters. The van der Waals surface area contributed by atoms with Gasteiger partial charge in [-0.3, -0.25) is 0 Å². The minimum Gasteiger partial charge on any atom is -0.454 e. The first-order valence-electron chi connectivity index (χ1n) is 4.94. The van der Waals surface area contributed by atoms with E-state index in [1.807, 2.05) is 13.0 Å². The molecule has 15 heavy (non-hydrogen) atoms. The van der Waals surface area contributed by atoms with Gasteiger partial charge in [-0.05, 0) is 35.7 Å². The highest BCUT2D eigenvalue weighted by Crippen LogP contribution is 2.37. The molecule has 82 valence electrons. The van der Waals surface area contributed by atoms with Crippen molar-refractivity contribution in [2.75, 3.05) is 13.3 Å². The Morgan fingerprint density at radius 2 is 2.07 bits per heavy atom. The Kier molecular flexibility index (Phi) is 2.77. The molecule has 1 heterocycles. The first-order chi connectivity index (χ1) is 7.26. The third-order valence-corrected chi connectivity index (χ3v) is 2.66. The van der Waals surface area contributed by atoms with Gasteiger partial charge in [0.15, 0.2) is 11.5 Å². The van der Waals surface area contributed by atoms with E-state index < -0.39 is 6.67 Å². The Balaban J connectivity index is 2.44. The first kappa shape index (κ1) is 10.2. The van der Waals surface area contributed by atoms with Crippen molar-refractivity contribution >= 4 is 0 Å². The topological polar surface area (TPSA) is 44.5 Å². The average molecular weight is 211 g/mol. The fraction of sp³-hybridized carbons (Fsp3) is 0.455. The Labute approximate surface area is 88.0 Å². The molecule has 2 rings (SSSR count). The summed E-state index contributed by atoms with van der Waals surface area (Å²) in [7, 11) is 0. The van der Waals surface area contributed by atoms with Crippen LogP contribution in [-0.2, 0) is 6.67 Å². The predicted octanol–water partition coefficient (Wildman–Crippen LogP) is 1.95. The van der Waals surface area contributed by atoms with Gasteiger partial charge in [-0.25, -0.2) is 4.39 Å². The van der Waals surface area contributed by atoms with Crippen LogP contribution < -0.4 is 15.2 Å². The lowest BCUT2D eigenvalue weighted by Gasteiger charge is -2.13. The third-order valence-electron chi connectivity index (χ3n) is 2.66. The normalized spacial score (nSPS) is 15.4. The minimum absolute atomic E-state index is 0.130. The van der Waals surface area contributed by atoms with Gasteiger partial charge in [0.1, 0.15) is 6.67 Å². The van der Waals surface area contributed by atoms with E-state index >= 15 is 0 Å². The van der Waals surface area contributed by atoms with Crippen molar-refractivity contribution in [3.63, 3.8) is 0 Å². The molecular weight excluding hydrogens is 197 g/mol. The summed E-state index contributed by atoms with van der Waals surface area (Å²) >= 11 is 0. The molecule has 1 aliphatic heterocycles. The fourth-order valence-corrected chi connectivity index (χ4v) is 1.70. The molecule has 0 saturated carbocycles. The summed E-state index contributed by atoms with van der Waals surface area (Å²) in [6.45, 7) is 2.17. The number of ether oxygens (including phenoxy) is 2. The van der Waals surface area contributed by atoms with E-state index in [1.165, 1.54) is 0 Å². The molecule has 1 aliphatic rings. The van der Waals surface area contributed by atoms with Crippen molar-refractivity contribution in [1.82, 2.24) is 0 Å². The molecule has 1 aromatic rings. The van der Waals surface area contributed by atoms with Crippen LogP contribution in [0.3, 0.4) is 0 Å². The van der Waals surface area contributed by atoms with Crippen LogP contribution in [0, 0.1) is 0 Å². The summed E-state index contributed by atoms with van der Waals surface area (Å²) in [6.07, 6.45) is 0. The van der Waals surface area contributed by atoms with Crippen LogP contribution in [-0.4, -0.2) is 13.3 Å². The highest BCUT2D eigenvalue weighted by molar-refractivity contribution is 5.49. The minimum atomic E-state index is -0.504. The van der Waals surface area contributed by atoms with E-state index in [2.05, 4.69) is 0 Å². The highest BCUT2D eigenvalue weighted by Gasteiger charge is 2.19. The Morgan fingerprint density at radius 3 is 2.67 bits per heavy atom. The monoisotopic (exact) mass is 211 g/mol. The van der Waals surface area contributed by atoms with Gasteiger partial charge in [0, 0.05) is 0 Å². The van der Waals surface area contributed by atoms with Gasteiger partial charge in [-0.15, -0.1) is 0 Å². The summed E-state index contributed by atoms with van der Waals surface area (Å²) in [5.41, 5.74) is 7.12. The zero-order valence-electron chi connectivity index (χ0n) is 8.63. The van der Waals surface area contributed by atoms with E-state index in [0.717, 1.165) is 5.56 Å². The van der Waals surface area contributed by atoms with Crippen molar-refractivity contribution < 1.29 is 13.9 Å². The lowest BCUT2D eigenvalue weighted by molar-refractivity contribution is 0.174. The van der Waals surface area contributed by atoms with Crippen molar-refractivity contribution in [3.05, 3.63) is 23.3 Å². The number of benzene rings is 1. The molecule has 0 radical (unpaired) electrons. The number of fused-ring (bicyclic) bond motifs is 1. The zero-order valence-corrected chi connectivity index (χ0v) is 8.63. The van der Waals surface area contributed by atoms with E-state index in [0.29, 0.717) is 23.6 Å². The van der Waals surface area contributed by atoms with Crippen LogP contribution in [0.1, 0.15) is 24.0 Å². The molecule has 1 aromatic carbocycles. The molecule has 0 amide bonds. The summed E-state index contributed by atoms with van der Waals surface area (Å²) in [5.74, 6) is 1.43. The van der Waals surface area contributed by atoms with E-state index in [1.54, 1.807) is 6.07 Å². The van der Waals surface area contributed by atoms with Gasteiger partial charge in [0.2, 0.25) is 6.79 Å². The molecule has 0 saturated heterocycles. The van der Waals surface area contributed by atoms with Crippen molar-refractivity contribution in [1.29, 1.82) is 0 Å². The Hall–Kier alpha value is -1.29. The summed E-state index contributed by atoms with van der Waals surface area (Å²) < 4.78 is 23.3. The lowest BCUT2D eigenvalue weighted by Crippen LogP contribution is -2.10. The third kappa shape index (κ3) is 1.77. The standard InChI is InChI=1S/C11H14FNO2/c1-7(5-13)9-3-11-10(14-6-15-11)2-8(9)4-12/h2-3,7H,4-6,13H2,1H3. The van der Waals surface area contributed by atoms with Gasteiger partial charge in [0.05, 0.1) is 0 Å². The van der Waals surface area contributed by atoms with Gasteiger partial charge >= 0.3 is 0 Å². The summed E-state index contributed by atoms with van der Waals surface area (Å²) in [5, 5.41) is 0. The van der Waals surface area contributed by atoms with Gasteiger partial charge in [0.25, 0.3) is 0 Å². The second kappa shape index (κ2) is 4.06. The van der Waals surface area contributed by atoms with Crippen LogP contribution in [0.4, 0.5) is 4.39 Å². The van der Waals surface area contributed by atoms with Gasteiger partial charge in [-0.2, -0.15) is 0 Å². The molecule has 0 aromatic heterocycles. The molecule has 0 fully saturated rings. The second-order valence-corrected chi connectivity index (χ2v) is 3.67. The van der Waals surface area contributed by atoms with Crippen molar-refractivity contribution in [2.45, 2.75) is 19.5 Å². The molecular formula is C11H14FNO2. The number of nitrogens with two attached hydrogens (primary N) is 1. The Bertz CT molecular complexity index is 368. The quantitative estimate of drug-likeness (QED) is 0.831. The van der Waals surface area contributed by atoms with Crippen molar-refractivity contribution in [2.24, 2.45) is 5.73 Å². The molecule has 1 atom stereocenters. The highest BCUT2D eigenvalue weighted by atomic mass is 19.1. The zero-order chi connectivity index (χ0) is 10.8. The van der Waals surface area contributed by atoms with Gasteiger partial charge < -0.3 is 15.2 Å². The predicted molar refractivity (Wildman–Crippen MR) is 54.8 cm³/mol. The van der Waals surface area contributed by atoms with E-state index in [4.69, 9.17) is 15.2 Å². The second-order valence-electron chi connectivity index (χ2n) is 3.67. The van der Waals surface area contributed by atoms with Gasteiger partial charge in [-0.1, -0.05) is 6.92 Å². The summed E-state index contributed by atoms with van der Waals surface area (Å²) in [6, 6.07) is 3.53. The maximum atomic E-state index is 12.8. The molecule has 3 nitrogen and oxygen atoms in total. The largest absolute Gasteiger partial charge is 0.454 e. The number of hydrogen-bond acceptors (Lipinski definition) is 3. The SMILES string of the molecule is CC(CN)c1cc2c(cc1CF)OCO2. The van der Waals surface area contributed by atoms with Crippen LogP contribution in [0.5, 0.6) is 11.5 Å². The molecule has 0 spiro atoms. The number of halogens is 1. The maximum absolute atomic E-state index is 12.8. The Morgan fingerprint density at radius 1 is 1.40 bits per heavy atom. The van der Waals surface area contributed by atoms with Crippen LogP contribution in [0.25, 0.3) is 0 Å². The smallest absolute Gasteiger partial charge is 0.231 e. The van der Waals surface area contributed by atoms with Crippen molar-refractivity contribution in [3.8, 4) is 11.5 Å². The molecule has 4 heteroatoms. The van der Waals surface area contributed by atoms with E-state index in [-0.39, 0.29) is 12.7 Å². The van der Waals surface area contributed by atoms with Crippen LogP contribution in [0.15, 0.2) is 12.1 Å². The summed E-state index contributed by atoms with van der Waals surface area (Å²) in [4.78, 5) is 0. The number of hydrogen-bond donors (Lipinski definition) is 1.